The lowest BCUT2D eigenvalue weighted by atomic mass is 10.1. The highest BCUT2D eigenvalue weighted by molar-refractivity contribution is 7.98. The van der Waals surface area contributed by atoms with Gasteiger partial charge < -0.3 is 10.5 Å². The van der Waals surface area contributed by atoms with Gasteiger partial charge in [-0.2, -0.15) is 11.8 Å². The minimum absolute atomic E-state index is 0.0323. The molecule has 0 aliphatic carbocycles. The largest absolute Gasteiger partial charge is 0.465 e. The van der Waals surface area contributed by atoms with E-state index >= 15 is 0 Å². The highest BCUT2D eigenvalue weighted by Gasteiger charge is 2.11. The van der Waals surface area contributed by atoms with E-state index in [9.17, 15) is 9.18 Å². The number of esters is 1. The lowest BCUT2D eigenvalue weighted by Gasteiger charge is -2.04. The summed E-state index contributed by atoms with van der Waals surface area (Å²) in [6, 6.07) is 4.52. The van der Waals surface area contributed by atoms with Crippen molar-refractivity contribution < 1.29 is 13.9 Å². The number of methoxy groups -OCH3 is 1. The molecule has 0 bridgehead atoms. The highest BCUT2D eigenvalue weighted by atomic mass is 32.2. The number of hydrogen-bond donors (Lipinski definition) is 1. The van der Waals surface area contributed by atoms with Gasteiger partial charge in [-0.1, -0.05) is 6.07 Å². The fourth-order valence-electron chi connectivity index (χ4n) is 1.20. The van der Waals surface area contributed by atoms with Crippen LogP contribution in [0.1, 0.15) is 15.9 Å². The van der Waals surface area contributed by atoms with Gasteiger partial charge in [-0.3, -0.25) is 0 Å². The summed E-state index contributed by atoms with van der Waals surface area (Å²) in [6.45, 7) is 0.605. The number of carbonyl (C=O) groups excluding carboxylic acids is 1. The number of thioether (sulfide) groups is 1. The molecule has 0 aliphatic heterocycles. The number of nitrogens with two attached hydrogens (primary N) is 1. The maximum atomic E-state index is 13.5. The first kappa shape index (κ1) is 13.0. The molecule has 0 saturated carbocycles. The molecule has 0 fully saturated rings. The van der Waals surface area contributed by atoms with Crippen LogP contribution in [0.3, 0.4) is 0 Å². The molecule has 16 heavy (non-hydrogen) atoms. The normalized spacial score (nSPS) is 10.2. The molecule has 0 amide bonds. The molecular weight excluding hydrogens is 229 g/mol. The Morgan fingerprint density at radius 2 is 2.31 bits per heavy atom. The summed E-state index contributed by atoms with van der Waals surface area (Å²) in [6.07, 6.45) is 0. The minimum Gasteiger partial charge on any atom is -0.465 e. The van der Waals surface area contributed by atoms with Gasteiger partial charge in [0.15, 0.2) is 0 Å². The Balaban J connectivity index is 2.71. The second kappa shape index (κ2) is 6.50. The van der Waals surface area contributed by atoms with Gasteiger partial charge in [-0.05, 0) is 17.7 Å². The van der Waals surface area contributed by atoms with Crippen molar-refractivity contribution in [3.8, 4) is 0 Å². The fourth-order valence-corrected chi connectivity index (χ4v) is 1.92. The third-order valence-corrected chi connectivity index (χ3v) is 3.03. The molecule has 0 saturated heterocycles. The summed E-state index contributed by atoms with van der Waals surface area (Å²) < 4.78 is 17.9. The van der Waals surface area contributed by atoms with Gasteiger partial charge in [0.25, 0.3) is 0 Å². The summed E-state index contributed by atoms with van der Waals surface area (Å²) in [4.78, 5) is 11.1. The highest BCUT2D eigenvalue weighted by Crippen LogP contribution is 2.16. The molecular formula is C11H14FNO2S. The number of carbonyl (C=O) groups is 1. The Morgan fingerprint density at radius 1 is 1.56 bits per heavy atom. The maximum absolute atomic E-state index is 13.5. The van der Waals surface area contributed by atoms with Crippen LogP contribution >= 0.6 is 11.8 Å². The van der Waals surface area contributed by atoms with E-state index in [1.54, 1.807) is 17.8 Å². The van der Waals surface area contributed by atoms with Crippen molar-refractivity contribution in [2.45, 2.75) is 5.75 Å². The average Bonchev–Trinajstić information content (AvgIpc) is 2.29. The summed E-state index contributed by atoms with van der Waals surface area (Å²) in [5.74, 6) is 0.326. The Morgan fingerprint density at radius 3 is 2.88 bits per heavy atom. The zero-order chi connectivity index (χ0) is 12.0. The number of benzene rings is 1. The molecule has 0 unspecified atom stereocenters. The van der Waals surface area contributed by atoms with Crippen LogP contribution < -0.4 is 5.73 Å². The Hall–Kier alpha value is -1.07. The zero-order valence-corrected chi connectivity index (χ0v) is 9.85. The molecule has 0 spiro atoms. The molecule has 88 valence electrons. The van der Waals surface area contributed by atoms with Crippen molar-refractivity contribution in [1.82, 2.24) is 0 Å². The molecule has 3 nitrogen and oxygen atoms in total. The van der Waals surface area contributed by atoms with E-state index in [2.05, 4.69) is 4.74 Å². The van der Waals surface area contributed by atoms with E-state index < -0.39 is 11.8 Å². The van der Waals surface area contributed by atoms with Crippen molar-refractivity contribution in [2.24, 2.45) is 5.73 Å². The monoisotopic (exact) mass is 243 g/mol. The van der Waals surface area contributed by atoms with E-state index in [4.69, 9.17) is 5.73 Å². The zero-order valence-electron chi connectivity index (χ0n) is 9.03. The molecule has 1 aromatic rings. The van der Waals surface area contributed by atoms with Crippen LogP contribution in [0.4, 0.5) is 4.39 Å². The van der Waals surface area contributed by atoms with E-state index in [-0.39, 0.29) is 5.56 Å². The molecule has 0 atom stereocenters. The fraction of sp³-hybridized carbons (Fsp3) is 0.364. The van der Waals surface area contributed by atoms with Gasteiger partial charge in [0.05, 0.1) is 12.7 Å². The first-order chi connectivity index (χ1) is 7.69. The van der Waals surface area contributed by atoms with Crippen molar-refractivity contribution in [3.63, 3.8) is 0 Å². The second-order valence-electron chi connectivity index (χ2n) is 3.15. The lowest BCUT2D eigenvalue weighted by Crippen LogP contribution is -2.05. The van der Waals surface area contributed by atoms with Crippen molar-refractivity contribution >= 4 is 17.7 Å². The minimum atomic E-state index is -0.654. The molecule has 0 aliphatic rings. The summed E-state index contributed by atoms with van der Waals surface area (Å²) in [5.41, 5.74) is 6.15. The lowest BCUT2D eigenvalue weighted by molar-refractivity contribution is 0.0595. The number of hydrogen-bond acceptors (Lipinski definition) is 4. The van der Waals surface area contributed by atoms with Crippen LogP contribution in [-0.2, 0) is 10.5 Å². The van der Waals surface area contributed by atoms with Crippen LogP contribution in [0.5, 0.6) is 0 Å². The summed E-state index contributed by atoms with van der Waals surface area (Å²) >= 11 is 1.63. The van der Waals surface area contributed by atoms with Crippen LogP contribution in [-0.4, -0.2) is 25.4 Å². The molecule has 2 N–H and O–H groups in total. The molecule has 0 radical (unpaired) electrons. The van der Waals surface area contributed by atoms with Crippen LogP contribution in [0.2, 0.25) is 0 Å². The van der Waals surface area contributed by atoms with Gasteiger partial charge in [-0.25, -0.2) is 9.18 Å². The maximum Gasteiger partial charge on any atom is 0.340 e. The van der Waals surface area contributed by atoms with E-state index in [1.165, 1.54) is 19.2 Å². The van der Waals surface area contributed by atoms with Crippen molar-refractivity contribution in [1.29, 1.82) is 0 Å². The standard InChI is InChI=1S/C11H14FNO2S/c1-15-11(14)9-3-2-8(6-10(9)12)7-16-5-4-13/h2-3,6H,4-5,7,13H2,1H3. The second-order valence-corrected chi connectivity index (χ2v) is 4.25. The predicted molar refractivity (Wildman–Crippen MR) is 63.0 cm³/mol. The molecule has 1 rings (SSSR count). The van der Waals surface area contributed by atoms with Gasteiger partial charge in [0.1, 0.15) is 5.82 Å². The quantitative estimate of drug-likeness (QED) is 0.633. The Kier molecular flexibility index (Phi) is 5.28. The van der Waals surface area contributed by atoms with Gasteiger partial charge >= 0.3 is 5.97 Å². The summed E-state index contributed by atoms with van der Waals surface area (Å²) in [7, 11) is 1.23. The number of halogens is 1. The van der Waals surface area contributed by atoms with E-state index in [0.29, 0.717) is 12.3 Å². The molecule has 0 aromatic heterocycles. The third-order valence-electron chi connectivity index (χ3n) is 1.97. The topological polar surface area (TPSA) is 52.3 Å². The van der Waals surface area contributed by atoms with Gasteiger partial charge in [0.2, 0.25) is 0 Å². The van der Waals surface area contributed by atoms with Crippen LogP contribution in [0, 0.1) is 5.82 Å². The van der Waals surface area contributed by atoms with Crippen molar-refractivity contribution in [3.05, 3.63) is 35.1 Å². The smallest absolute Gasteiger partial charge is 0.340 e. The predicted octanol–water partition coefficient (Wildman–Crippen LogP) is 1.80. The molecule has 1 aromatic carbocycles. The van der Waals surface area contributed by atoms with Crippen LogP contribution in [0.15, 0.2) is 18.2 Å². The van der Waals surface area contributed by atoms with Crippen molar-refractivity contribution in [2.75, 3.05) is 19.4 Å². The SMILES string of the molecule is COC(=O)c1ccc(CSCCN)cc1F. The first-order valence-electron chi connectivity index (χ1n) is 4.83. The van der Waals surface area contributed by atoms with Crippen LogP contribution in [0.25, 0.3) is 0 Å². The molecule has 0 heterocycles. The average molecular weight is 243 g/mol. The number of rotatable bonds is 5. The van der Waals surface area contributed by atoms with Gasteiger partial charge in [0, 0.05) is 18.1 Å². The van der Waals surface area contributed by atoms with E-state index in [0.717, 1.165) is 11.3 Å². The van der Waals surface area contributed by atoms with Gasteiger partial charge in [-0.15, -0.1) is 0 Å². The third kappa shape index (κ3) is 3.50. The number of ether oxygens (including phenoxy) is 1. The molecule has 5 heteroatoms. The summed E-state index contributed by atoms with van der Waals surface area (Å²) in [5, 5.41) is 0. The Bertz CT molecular complexity index is 371. The first-order valence-corrected chi connectivity index (χ1v) is 5.99. The van der Waals surface area contributed by atoms with E-state index in [1.807, 2.05) is 0 Å². The Labute approximate surface area is 98.2 Å².